The minimum atomic E-state index is -0.740. The van der Waals surface area contributed by atoms with Crippen LogP contribution in [0.15, 0.2) is 12.4 Å². The highest BCUT2D eigenvalue weighted by atomic mass is 16.2. The average Bonchev–Trinajstić information content (AvgIpc) is 3.08. The molecule has 20 heavy (non-hydrogen) atoms. The fourth-order valence-corrected chi connectivity index (χ4v) is 1.98. The van der Waals surface area contributed by atoms with Gasteiger partial charge in [-0.3, -0.25) is 24.2 Å². The molecule has 1 aliphatic rings. The Labute approximate surface area is 114 Å². The van der Waals surface area contributed by atoms with E-state index in [0.717, 1.165) is 18.7 Å². The molecule has 1 aliphatic carbocycles. The summed E-state index contributed by atoms with van der Waals surface area (Å²) in [5, 5.41) is 14.3. The predicted octanol–water partition coefficient (Wildman–Crippen LogP) is 0.247. The van der Waals surface area contributed by atoms with Crippen LogP contribution >= 0.6 is 0 Å². The van der Waals surface area contributed by atoms with Crippen LogP contribution in [0, 0.1) is 0 Å². The molecule has 1 amide bonds. The van der Waals surface area contributed by atoms with Gasteiger partial charge in [0.15, 0.2) is 0 Å². The second-order valence-electron chi connectivity index (χ2n) is 4.90. The third-order valence-corrected chi connectivity index (χ3v) is 3.25. The van der Waals surface area contributed by atoms with E-state index in [1.54, 1.807) is 18.7 Å². The van der Waals surface area contributed by atoms with E-state index in [1.807, 2.05) is 0 Å². The standard InChI is InChI=1S/C12H14N6O2/c1-17-6-8(5-13-17)9(19)11(20)14-12-16-15-10(18(12)2)7-3-4-7/h5-7H,3-4H2,1-2H3,(H,14,16,20). The number of nitrogens with one attached hydrogen (secondary N) is 1. The molecule has 0 aromatic carbocycles. The molecule has 1 saturated carbocycles. The molecule has 0 unspecified atom stereocenters. The van der Waals surface area contributed by atoms with Gasteiger partial charge in [0.05, 0.1) is 11.8 Å². The van der Waals surface area contributed by atoms with Gasteiger partial charge in [0.1, 0.15) is 5.82 Å². The van der Waals surface area contributed by atoms with Crippen LogP contribution in [0.2, 0.25) is 0 Å². The number of aryl methyl sites for hydroxylation is 1. The molecular formula is C12H14N6O2. The maximum Gasteiger partial charge on any atom is 0.299 e. The van der Waals surface area contributed by atoms with Gasteiger partial charge in [-0.2, -0.15) is 5.10 Å². The number of hydrogen-bond acceptors (Lipinski definition) is 5. The summed E-state index contributed by atoms with van der Waals surface area (Å²) in [5.41, 5.74) is 0.245. The summed E-state index contributed by atoms with van der Waals surface area (Å²) in [5.74, 6) is 0.167. The lowest BCUT2D eigenvalue weighted by Gasteiger charge is -2.03. The Morgan fingerprint density at radius 1 is 1.30 bits per heavy atom. The van der Waals surface area contributed by atoms with Gasteiger partial charge < -0.3 is 0 Å². The zero-order chi connectivity index (χ0) is 14.3. The number of hydrogen-bond donors (Lipinski definition) is 1. The molecule has 2 heterocycles. The van der Waals surface area contributed by atoms with Gasteiger partial charge in [-0.05, 0) is 12.8 Å². The maximum absolute atomic E-state index is 11.9. The van der Waals surface area contributed by atoms with Crippen molar-refractivity contribution in [1.82, 2.24) is 24.5 Å². The third-order valence-electron chi connectivity index (χ3n) is 3.25. The minimum absolute atomic E-state index is 0.245. The summed E-state index contributed by atoms with van der Waals surface area (Å²) in [6.45, 7) is 0. The van der Waals surface area contributed by atoms with Crippen LogP contribution < -0.4 is 5.32 Å². The fraction of sp³-hybridized carbons (Fsp3) is 0.417. The number of carbonyl (C=O) groups excluding carboxylic acids is 2. The van der Waals surface area contributed by atoms with Gasteiger partial charge in [0.2, 0.25) is 5.95 Å². The first kappa shape index (κ1) is 12.5. The fourth-order valence-electron chi connectivity index (χ4n) is 1.98. The summed E-state index contributed by atoms with van der Waals surface area (Å²) in [6.07, 6.45) is 5.03. The van der Waals surface area contributed by atoms with Gasteiger partial charge in [0, 0.05) is 26.2 Å². The lowest BCUT2D eigenvalue weighted by Crippen LogP contribution is -2.24. The van der Waals surface area contributed by atoms with Crippen molar-refractivity contribution < 1.29 is 9.59 Å². The average molecular weight is 274 g/mol. The summed E-state index contributed by atoms with van der Waals surface area (Å²) in [6, 6.07) is 0. The number of anilines is 1. The SMILES string of the molecule is Cn1cc(C(=O)C(=O)Nc2nnc(C3CC3)n2C)cn1. The molecular weight excluding hydrogens is 260 g/mol. The molecule has 8 nitrogen and oxygen atoms in total. The second-order valence-corrected chi connectivity index (χ2v) is 4.90. The quantitative estimate of drug-likeness (QED) is 0.637. The molecule has 104 valence electrons. The maximum atomic E-state index is 11.9. The van der Waals surface area contributed by atoms with E-state index in [0.29, 0.717) is 5.92 Å². The molecule has 3 rings (SSSR count). The Morgan fingerprint density at radius 2 is 2.05 bits per heavy atom. The summed E-state index contributed by atoms with van der Waals surface area (Å²) < 4.78 is 3.18. The van der Waals surface area contributed by atoms with Crippen molar-refractivity contribution in [1.29, 1.82) is 0 Å². The van der Waals surface area contributed by atoms with E-state index >= 15 is 0 Å². The Kier molecular flexibility index (Phi) is 2.85. The molecule has 0 saturated heterocycles. The van der Waals surface area contributed by atoms with Crippen LogP contribution in [0.1, 0.15) is 34.9 Å². The molecule has 0 aliphatic heterocycles. The van der Waals surface area contributed by atoms with E-state index in [-0.39, 0.29) is 11.5 Å². The van der Waals surface area contributed by atoms with Crippen LogP contribution in [0.3, 0.4) is 0 Å². The van der Waals surface area contributed by atoms with Gasteiger partial charge in [-0.15, -0.1) is 10.2 Å². The van der Waals surface area contributed by atoms with Gasteiger partial charge in [-0.25, -0.2) is 0 Å². The van der Waals surface area contributed by atoms with E-state index in [4.69, 9.17) is 0 Å². The molecule has 0 atom stereocenters. The van der Waals surface area contributed by atoms with Crippen LogP contribution in [-0.4, -0.2) is 36.2 Å². The molecule has 8 heteroatoms. The topological polar surface area (TPSA) is 94.7 Å². The Hall–Kier alpha value is -2.51. The van der Waals surface area contributed by atoms with Gasteiger partial charge in [-0.1, -0.05) is 0 Å². The van der Waals surface area contributed by atoms with Crippen LogP contribution in [-0.2, 0) is 18.9 Å². The normalized spacial score (nSPS) is 14.3. The lowest BCUT2D eigenvalue weighted by molar-refractivity contribution is -0.112. The number of rotatable bonds is 4. The first-order valence-electron chi connectivity index (χ1n) is 6.30. The Morgan fingerprint density at radius 3 is 2.65 bits per heavy atom. The van der Waals surface area contributed by atoms with Crippen molar-refractivity contribution in [2.45, 2.75) is 18.8 Å². The summed E-state index contributed by atoms with van der Waals surface area (Å²) in [7, 11) is 3.46. The second kappa shape index (κ2) is 4.55. The van der Waals surface area contributed by atoms with Crippen molar-refractivity contribution in [3.8, 4) is 0 Å². The first-order valence-corrected chi connectivity index (χ1v) is 6.30. The molecule has 1 N–H and O–H groups in total. The number of amides is 1. The van der Waals surface area contributed by atoms with Crippen LogP contribution in [0.25, 0.3) is 0 Å². The molecule has 2 aromatic heterocycles. The zero-order valence-electron chi connectivity index (χ0n) is 11.2. The highest BCUT2D eigenvalue weighted by Gasteiger charge is 2.30. The number of aromatic nitrogens is 5. The van der Waals surface area contributed by atoms with Gasteiger partial charge >= 0.3 is 0 Å². The van der Waals surface area contributed by atoms with E-state index in [2.05, 4.69) is 20.6 Å². The minimum Gasteiger partial charge on any atom is -0.300 e. The molecule has 0 bridgehead atoms. The summed E-state index contributed by atoms with van der Waals surface area (Å²) >= 11 is 0. The lowest BCUT2D eigenvalue weighted by atomic mass is 10.2. The zero-order valence-corrected chi connectivity index (χ0v) is 11.2. The van der Waals surface area contributed by atoms with Gasteiger partial charge in [0.25, 0.3) is 11.7 Å². The molecule has 0 radical (unpaired) electrons. The molecule has 1 fully saturated rings. The van der Waals surface area contributed by atoms with Crippen molar-refractivity contribution in [3.63, 3.8) is 0 Å². The summed E-state index contributed by atoms with van der Waals surface area (Å²) in [4.78, 5) is 23.8. The molecule has 0 spiro atoms. The monoisotopic (exact) mass is 274 g/mol. The van der Waals surface area contributed by atoms with Crippen LogP contribution in [0.5, 0.6) is 0 Å². The number of carbonyl (C=O) groups is 2. The predicted molar refractivity (Wildman–Crippen MR) is 69.1 cm³/mol. The van der Waals surface area contributed by atoms with Crippen molar-refractivity contribution in [2.24, 2.45) is 14.1 Å². The van der Waals surface area contributed by atoms with E-state index in [9.17, 15) is 9.59 Å². The third kappa shape index (κ3) is 2.20. The first-order chi connectivity index (χ1) is 9.56. The Bertz CT molecular complexity index is 682. The van der Waals surface area contributed by atoms with Crippen molar-refractivity contribution in [2.75, 3.05) is 5.32 Å². The smallest absolute Gasteiger partial charge is 0.299 e. The number of ketones is 1. The van der Waals surface area contributed by atoms with Crippen LogP contribution in [0.4, 0.5) is 5.95 Å². The van der Waals surface area contributed by atoms with E-state index in [1.165, 1.54) is 17.1 Å². The number of nitrogens with zero attached hydrogens (tertiary/aromatic N) is 5. The highest BCUT2D eigenvalue weighted by molar-refractivity contribution is 6.46. The number of Topliss-reactive ketones (excluding diaryl/α,β-unsaturated/α-hetero) is 1. The van der Waals surface area contributed by atoms with Crippen molar-refractivity contribution >= 4 is 17.6 Å². The largest absolute Gasteiger partial charge is 0.300 e. The van der Waals surface area contributed by atoms with E-state index < -0.39 is 11.7 Å². The highest BCUT2D eigenvalue weighted by Crippen LogP contribution is 2.39. The molecule has 2 aromatic rings. The Balaban J connectivity index is 1.74. The van der Waals surface area contributed by atoms with Crippen molar-refractivity contribution in [3.05, 3.63) is 23.8 Å².